The highest BCUT2D eigenvalue weighted by Gasteiger charge is 2.19. The molecule has 0 N–H and O–H groups in total. The predicted molar refractivity (Wildman–Crippen MR) is 334 cm³/mol. The first-order valence-corrected chi connectivity index (χ1v) is 31.7. The Bertz CT molecular complexity index is 1650. The van der Waals surface area contributed by atoms with Crippen LogP contribution in [0.4, 0.5) is 0 Å². The van der Waals surface area contributed by atoms with E-state index in [0.29, 0.717) is 19.3 Å². The van der Waals surface area contributed by atoms with Gasteiger partial charge in [0.1, 0.15) is 13.2 Å². The molecule has 0 aliphatic carbocycles. The first-order chi connectivity index (χ1) is 38.0. The van der Waals surface area contributed by atoms with Gasteiger partial charge in [-0.1, -0.05) is 257 Å². The minimum absolute atomic E-state index is 0.102. The summed E-state index contributed by atoms with van der Waals surface area (Å²) < 4.78 is 16.9. The van der Waals surface area contributed by atoms with Crippen molar-refractivity contribution in [1.29, 1.82) is 0 Å². The monoisotopic (exact) mass is 1060 g/mol. The Hall–Kier alpha value is -4.45. The second kappa shape index (κ2) is 64.1. The number of esters is 3. The molecule has 0 saturated heterocycles. The maximum absolute atomic E-state index is 12.9. The van der Waals surface area contributed by atoms with Gasteiger partial charge in [0.05, 0.1) is 0 Å². The minimum Gasteiger partial charge on any atom is -0.462 e. The van der Waals surface area contributed by atoms with Crippen molar-refractivity contribution in [3.05, 3.63) is 134 Å². The second-order valence-electron chi connectivity index (χ2n) is 20.5. The van der Waals surface area contributed by atoms with Crippen LogP contribution in [0.5, 0.6) is 0 Å². The van der Waals surface area contributed by atoms with E-state index in [1.807, 2.05) is 0 Å². The quantitative estimate of drug-likeness (QED) is 0.0261. The fourth-order valence-corrected chi connectivity index (χ4v) is 8.43. The Labute approximate surface area is 475 Å². The second-order valence-corrected chi connectivity index (χ2v) is 20.5. The molecule has 0 aliphatic heterocycles. The summed E-state index contributed by atoms with van der Waals surface area (Å²) in [6.45, 7) is 6.37. The number of rotatable bonds is 56. The van der Waals surface area contributed by atoms with Gasteiger partial charge >= 0.3 is 17.9 Å². The van der Waals surface area contributed by atoms with Crippen LogP contribution in [-0.2, 0) is 28.6 Å². The molecule has 0 aromatic rings. The van der Waals surface area contributed by atoms with Gasteiger partial charge in [-0.25, -0.2) is 0 Å². The fraction of sp³-hybridized carbons (Fsp3) is 0.648. The van der Waals surface area contributed by atoms with E-state index in [1.165, 1.54) is 83.5 Å². The zero-order chi connectivity index (χ0) is 55.7. The van der Waals surface area contributed by atoms with Crippen molar-refractivity contribution >= 4 is 17.9 Å². The van der Waals surface area contributed by atoms with Crippen LogP contribution in [0.2, 0.25) is 0 Å². The summed E-state index contributed by atoms with van der Waals surface area (Å²) in [5.41, 5.74) is 0. The summed E-state index contributed by atoms with van der Waals surface area (Å²) in [5, 5.41) is 0. The van der Waals surface area contributed by atoms with Gasteiger partial charge in [-0.3, -0.25) is 14.4 Å². The molecule has 0 aromatic heterocycles. The van der Waals surface area contributed by atoms with E-state index in [9.17, 15) is 14.4 Å². The fourth-order valence-electron chi connectivity index (χ4n) is 8.43. The van der Waals surface area contributed by atoms with Gasteiger partial charge in [-0.05, 0) is 135 Å². The lowest BCUT2D eigenvalue weighted by Crippen LogP contribution is -2.30. The van der Waals surface area contributed by atoms with Crippen molar-refractivity contribution in [3.63, 3.8) is 0 Å². The molecule has 0 rings (SSSR count). The van der Waals surface area contributed by atoms with E-state index in [4.69, 9.17) is 14.2 Å². The van der Waals surface area contributed by atoms with Crippen LogP contribution < -0.4 is 0 Å². The van der Waals surface area contributed by atoms with Crippen LogP contribution in [0.15, 0.2) is 134 Å². The molecular formula is C71H116O6. The van der Waals surface area contributed by atoms with Crippen molar-refractivity contribution < 1.29 is 28.6 Å². The van der Waals surface area contributed by atoms with E-state index in [0.717, 1.165) is 154 Å². The normalized spacial score (nSPS) is 13.0. The molecule has 0 saturated carbocycles. The summed E-state index contributed by atoms with van der Waals surface area (Å²) in [7, 11) is 0. The van der Waals surface area contributed by atoms with E-state index < -0.39 is 6.10 Å². The van der Waals surface area contributed by atoms with Crippen molar-refractivity contribution in [1.82, 2.24) is 0 Å². The third-order valence-corrected chi connectivity index (χ3v) is 13.1. The molecule has 0 bridgehead atoms. The topological polar surface area (TPSA) is 78.9 Å². The first-order valence-electron chi connectivity index (χ1n) is 31.7. The Morgan fingerprint density at radius 1 is 0.273 bits per heavy atom. The number of carbonyl (C=O) groups excluding carboxylic acids is 3. The highest BCUT2D eigenvalue weighted by molar-refractivity contribution is 5.71. The lowest BCUT2D eigenvalue weighted by atomic mass is 10.1. The SMILES string of the molecule is CC/C=C\C/C=C\C/C=C\C/C=C\C/C=C\CCCCCCCC(=O)OCC(COC(=O)CCCCCC/C=C\C/C=C\C/C=C\C/C=C\CC)OC(=O)CCCCCCCCCCC/C=C\C/C=C\CCCCCCC. The van der Waals surface area contributed by atoms with E-state index in [1.54, 1.807) is 0 Å². The van der Waals surface area contributed by atoms with Gasteiger partial charge in [0.25, 0.3) is 0 Å². The Morgan fingerprint density at radius 3 is 0.792 bits per heavy atom. The van der Waals surface area contributed by atoms with Crippen molar-refractivity contribution in [2.24, 2.45) is 0 Å². The molecular weight excluding hydrogens is 949 g/mol. The molecule has 6 heteroatoms. The van der Waals surface area contributed by atoms with E-state index in [-0.39, 0.29) is 31.1 Å². The third kappa shape index (κ3) is 62.3. The number of allylic oxidation sites excluding steroid dienone is 22. The average molecular weight is 1070 g/mol. The standard InChI is InChI=1S/C71H116O6/c1-4-7-10-13-16-19-22-25-28-31-33-35-37-40-43-46-49-52-55-58-61-64-70(73)76-67-68(66-75-69(72)63-60-57-54-51-48-45-42-39-30-27-24-21-18-15-12-9-6-3)77-71(74)65-62-59-56-53-50-47-44-41-38-36-34-32-29-26-23-20-17-14-11-8-5-2/h7,9-10,12,16,18-19,21,23,25-28,30,32-35,40,42-43,45,68H,4-6,8,11,13-15,17,20,22,24,29,31,36-39,41,44,46-67H2,1-3H3/b10-7-,12-9-,19-16-,21-18-,26-23-,28-25-,30-27-,34-32-,35-33-,43-40-,45-42-. The zero-order valence-electron chi connectivity index (χ0n) is 49.9. The van der Waals surface area contributed by atoms with Crippen LogP contribution in [0, 0.1) is 0 Å². The van der Waals surface area contributed by atoms with E-state index in [2.05, 4.69) is 154 Å². The first kappa shape index (κ1) is 72.5. The number of unbranched alkanes of at least 4 members (excludes halogenated alkanes) is 23. The van der Waals surface area contributed by atoms with Gasteiger partial charge < -0.3 is 14.2 Å². The van der Waals surface area contributed by atoms with Crippen molar-refractivity contribution in [3.8, 4) is 0 Å². The van der Waals surface area contributed by atoms with Crippen molar-refractivity contribution in [2.75, 3.05) is 13.2 Å². The number of ether oxygens (including phenoxy) is 3. The van der Waals surface area contributed by atoms with Gasteiger partial charge in [-0.15, -0.1) is 0 Å². The Kier molecular flexibility index (Phi) is 60.4. The molecule has 0 amide bonds. The highest BCUT2D eigenvalue weighted by atomic mass is 16.6. The van der Waals surface area contributed by atoms with Crippen LogP contribution in [0.3, 0.4) is 0 Å². The average Bonchev–Trinajstić information content (AvgIpc) is 3.43. The number of carbonyl (C=O) groups is 3. The molecule has 0 fully saturated rings. The van der Waals surface area contributed by atoms with E-state index >= 15 is 0 Å². The smallest absolute Gasteiger partial charge is 0.306 e. The Morgan fingerprint density at radius 2 is 0.506 bits per heavy atom. The van der Waals surface area contributed by atoms with Gasteiger partial charge in [0.15, 0.2) is 6.10 Å². The Balaban J connectivity index is 4.48. The van der Waals surface area contributed by atoms with Gasteiger partial charge in [-0.2, -0.15) is 0 Å². The minimum atomic E-state index is -0.806. The van der Waals surface area contributed by atoms with Crippen LogP contribution >= 0.6 is 0 Å². The van der Waals surface area contributed by atoms with Crippen LogP contribution in [-0.4, -0.2) is 37.2 Å². The molecule has 0 heterocycles. The maximum Gasteiger partial charge on any atom is 0.306 e. The molecule has 436 valence electrons. The van der Waals surface area contributed by atoms with Crippen LogP contribution in [0.1, 0.15) is 278 Å². The molecule has 6 nitrogen and oxygen atoms in total. The summed E-state index contributed by atoms with van der Waals surface area (Å²) in [4.78, 5) is 38.4. The van der Waals surface area contributed by atoms with Crippen molar-refractivity contribution in [2.45, 2.75) is 284 Å². The molecule has 1 unspecified atom stereocenters. The molecule has 0 radical (unpaired) electrons. The maximum atomic E-state index is 12.9. The molecule has 1 atom stereocenters. The summed E-state index contributed by atoms with van der Waals surface area (Å²) in [5.74, 6) is -0.945. The van der Waals surface area contributed by atoms with Gasteiger partial charge in [0, 0.05) is 19.3 Å². The summed E-state index contributed by atoms with van der Waals surface area (Å²) in [6, 6.07) is 0. The molecule has 0 aromatic carbocycles. The molecule has 0 aliphatic rings. The number of hydrogen-bond acceptors (Lipinski definition) is 6. The predicted octanol–water partition coefficient (Wildman–Crippen LogP) is 21.8. The highest BCUT2D eigenvalue weighted by Crippen LogP contribution is 2.15. The summed E-state index contributed by atoms with van der Waals surface area (Å²) in [6.07, 6.45) is 90.2. The number of hydrogen-bond donors (Lipinski definition) is 0. The largest absolute Gasteiger partial charge is 0.462 e. The molecule has 0 spiro atoms. The lowest BCUT2D eigenvalue weighted by Gasteiger charge is -2.18. The molecule has 77 heavy (non-hydrogen) atoms. The zero-order valence-corrected chi connectivity index (χ0v) is 49.9. The lowest BCUT2D eigenvalue weighted by molar-refractivity contribution is -0.167. The van der Waals surface area contributed by atoms with Gasteiger partial charge in [0.2, 0.25) is 0 Å². The summed E-state index contributed by atoms with van der Waals surface area (Å²) >= 11 is 0. The van der Waals surface area contributed by atoms with Crippen LogP contribution in [0.25, 0.3) is 0 Å². The third-order valence-electron chi connectivity index (χ3n) is 13.1.